The van der Waals surface area contributed by atoms with Crippen molar-refractivity contribution in [1.29, 1.82) is 0 Å². The summed E-state index contributed by atoms with van der Waals surface area (Å²) in [5, 5.41) is 3.31. The molecule has 0 aliphatic carbocycles. The molecule has 5 nitrogen and oxygen atoms in total. The van der Waals surface area contributed by atoms with Crippen molar-refractivity contribution in [2.75, 3.05) is 11.9 Å². The van der Waals surface area contributed by atoms with Crippen molar-refractivity contribution in [2.24, 2.45) is 5.73 Å². The molecule has 2 aromatic rings. The lowest BCUT2D eigenvalue weighted by Crippen LogP contribution is -2.11. The predicted molar refractivity (Wildman–Crippen MR) is 115 cm³/mol. The number of anilines is 1. The maximum absolute atomic E-state index is 11.9. The highest BCUT2D eigenvalue weighted by atomic mass is 35.5. The molecule has 0 aliphatic heterocycles. The number of halogens is 3. The highest BCUT2D eigenvalue weighted by molar-refractivity contribution is 6.32. The zero-order valence-corrected chi connectivity index (χ0v) is 17.4. The standard InChI is InChI=1S/C19H24ClN3O2.2ClH/c20-17-13-15(23-19(24)8-3-1-2-5-11-21)9-10-18(17)25-14-16-7-4-6-12-22-16;;/h4,6-7,9-10,12-13H,1-3,5,8,11,14,21H2,(H,23,24);2*1H. The van der Waals surface area contributed by atoms with Crippen LogP contribution in [-0.2, 0) is 11.4 Å². The third kappa shape index (κ3) is 9.82. The number of nitrogens with one attached hydrogen (secondary N) is 1. The smallest absolute Gasteiger partial charge is 0.224 e. The molecule has 0 fully saturated rings. The van der Waals surface area contributed by atoms with E-state index in [-0.39, 0.29) is 30.7 Å². The van der Waals surface area contributed by atoms with E-state index in [1.54, 1.807) is 24.4 Å². The minimum Gasteiger partial charge on any atom is -0.486 e. The Morgan fingerprint density at radius 1 is 1.11 bits per heavy atom. The van der Waals surface area contributed by atoms with Crippen LogP contribution in [0.5, 0.6) is 5.75 Å². The SMILES string of the molecule is Cl.Cl.NCCCCCCC(=O)Nc1ccc(OCc2ccccn2)c(Cl)c1. The van der Waals surface area contributed by atoms with E-state index in [1.165, 1.54) is 0 Å². The fraction of sp³-hybridized carbons (Fsp3) is 0.368. The molecule has 0 saturated carbocycles. The fourth-order valence-corrected chi connectivity index (χ4v) is 2.57. The second-order valence-electron chi connectivity index (χ2n) is 5.76. The molecule has 27 heavy (non-hydrogen) atoms. The second-order valence-corrected chi connectivity index (χ2v) is 6.16. The number of benzene rings is 1. The number of unbranched alkanes of at least 4 members (excludes halogenated alkanes) is 3. The first-order valence-corrected chi connectivity index (χ1v) is 8.89. The van der Waals surface area contributed by atoms with E-state index in [1.807, 2.05) is 18.2 Å². The van der Waals surface area contributed by atoms with Gasteiger partial charge in [-0.3, -0.25) is 9.78 Å². The van der Waals surface area contributed by atoms with Crippen molar-refractivity contribution < 1.29 is 9.53 Å². The molecule has 0 unspecified atom stereocenters. The molecule has 0 spiro atoms. The lowest BCUT2D eigenvalue weighted by molar-refractivity contribution is -0.116. The molecule has 3 N–H and O–H groups in total. The Morgan fingerprint density at radius 3 is 2.56 bits per heavy atom. The summed E-state index contributed by atoms with van der Waals surface area (Å²) in [6, 6.07) is 10.9. The van der Waals surface area contributed by atoms with E-state index >= 15 is 0 Å². The minimum atomic E-state index is -0.00836. The molecule has 1 heterocycles. The van der Waals surface area contributed by atoms with E-state index in [4.69, 9.17) is 22.1 Å². The van der Waals surface area contributed by atoms with Gasteiger partial charge in [-0.05, 0) is 49.7 Å². The number of rotatable bonds is 10. The summed E-state index contributed by atoms with van der Waals surface area (Å²) in [7, 11) is 0. The second kappa shape index (κ2) is 14.5. The van der Waals surface area contributed by atoms with Gasteiger partial charge in [0.05, 0.1) is 10.7 Å². The number of hydrogen-bond donors (Lipinski definition) is 2. The van der Waals surface area contributed by atoms with Crippen molar-refractivity contribution in [3.05, 3.63) is 53.3 Å². The molecule has 150 valence electrons. The first-order chi connectivity index (χ1) is 12.2. The van der Waals surface area contributed by atoms with Crippen LogP contribution in [0.3, 0.4) is 0 Å². The van der Waals surface area contributed by atoms with Crippen LogP contribution in [0.2, 0.25) is 5.02 Å². The van der Waals surface area contributed by atoms with E-state index < -0.39 is 0 Å². The Morgan fingerprint density at radius 2 is 1.89 bits per heavy atom. The fourth-order valence-electron chi connectivity index (χ4n) is 2.34. The summed E-state index contributed by atoms with van der Waals surface area (Å²) in [5.74, 6) is 0.554. The van der Waals surface area contributed by atoms with Gasteiger partial charge in [0.2, 0.25) is 5.91 Å². The molecule has 1 aromatic carbocycles. The minimum absolute atomic E-state index is 0. The van der Waals surface area contributed by atoms with E-state index in [0.717, 1.165) is 31.4 Å². The largest absolute Gasteiger partial charge is 0.486 e. The number of ether oxygens (including phenoxy) is 1. The molecule has 2 rings (SSSR count). The lowest BCUT2D eigenvalue weighted by atomic mass is 10.1. The van der Waals surface area contributed by atoms with Crippen molar-refractivity contribution in [3.63, 3.8) is 0 Å². The van der Waals surface area contributed by atoms with Crippen LogP contribution >= 0.6 is 36.4 Å². The number of pyridine rings is 1. The quantitative estimate of drug-likeness (QED) is 0.516. The molecule has 0 aliphatic rings. The normalized spacial score (nSPS) is 9.70. The summed E-state index contributed by atoms with van der Waals surface area (Å²) in [4.78, 5) is 16.1. The topological polar surface area (TPSA) is 77.2 Å². The van der Waals surface area contributed by atoms with E-state index in [2.05, 4.69) is 10.3 Å². The van der Waals surface area contributed by atoms with E-state index in [0.29, 0.717) is 36.0 Å². The van der Waals surface area contributed by atoms with Crippen LogP contribution in [0.1, 0.15) is 37.8 Å². The average molecular weight is 435 g/mol. The van der Waals surface area contributed by atoms with E-state index in [9.17, 15) is 4.79 Å². The first-order valence-electron chi connectivity index (χ1n) is 8.51. The Balaban J connectivity index is 0.00000338. The highest BCUT2D eigenvalue weighted by Crippen LogP contribution is 2.28. The third-order valence-corrected chi connectivity index (χ3v) is 3.97. The number of carbonyl (C=O) groups excluding carboxylic acids is 1. The first kappa shape index (κ1) is 25.5. The Kier molecular flexibility index (Phi) is 13.7. The molecular formula is C19H26Cl3N3O2. The summed E-state index contributed by atoms with van der Waals surface area (Å²) < 4.78 is 5.67. The summed E-state index contributed by atoms with van der Waals surface area (Å²) >= 11 is 6.23. The number of carbonyl (C=O) groups is 1. The van der Waals surface area contributed by atoms with Crippen LogP contribution < -0.4 is 15.8 Å². The zero-order valence-electron chi connectivity index (χ0n) is 15.0. The van der Waals surface area contributed by atoms with Gasteiger partial charge < -0.3 is 15.8 Å². The molecular weight excluding hydrogens is 409 g/mol. The summed E-state index contributed by atoms with van der Waals surface area (Å²) in [6.45, 7) is 1.05. The number of nitrogens with zero attached hydrogens (tertiary/aromatic N) is 1. The number of nitrogens with two attached hydrogens (primary N) is 1. The molecule has 8 heteroatoms. The van der Waals surface area contributed by atoms with Gasteiger partial charge in [0, 0.05) is 18.3 Å². The lowest BCUT2D eigenvalue weighted by Gasteiger charge is -2.10. The molecule has 0 bridgehead atoms. The van der Waals surface area contributed by atoms with Crippen LogP contribution in [0, 0.1) is 0 Å². The zero-order chi connectivity index (χ0) is 17.9. The van der Waals surface area contributed by atoms with Crippen molar-refractivity contribution in [3.8, 4) is 5.75 Å². The Hall–Kier alpha value is -1.53. The highest BCUT2D eigenvalue weighted by Gasteiger charge is 2.07. The van der Waals surface area contributed by atoms with Crippen LogP contribution in [0.4, 0.5) is 5.69 Å². The van der Waals surface area contributed by atoms with Gasteiger partial charge in [0.25, 0.3) is 0 Å². The van der Waals surface area contributed by atoms with Gasteiger partial charge in [0.15, 0.2) is 0 Å². The maximum Gasteiger partial charge on any atom is 0.224 e. The average Bonchev–Trinajstić information content (AvgIpc) is 2.62. The van der Waals surface area contributed by atoms with Gasteiger partial charge in [-0.25, -0.2) is 0 Å². The number of aromatic nitrogens is 1. The van der Waals surface area contributed by atoms with Gasteiger partial charge in [-0.2, -0.15) is 0 Å². The van der Waals surface area contributed by atoms with Crippen LogP contribution in [0.15, 0.2) is 42.6 Å². The van der Waals surface area contributed by atoms with Crippen LogP contribution in [-0.4, -0.2) is 17.4 Å². The van der Waals surface area contributed by atoms with Gasteiger partial charge in [-0.1, -0.05) is 30.5 Å². The van der Waals surface area contributed by atoms with Gasteiger partial charge >= 0.3 is 0 Å². The Labute approximate surface area is 177 Å². The summed E-state index contributed by atoms with van der Waals surface area (Å²) in [5.41, 5.74) is 6.94. The van der Waals surface area contributed by atoms with Crippen LogP contribution in [0.25, 0.3) is 0 Å². The number of hydrogen-bond acceptors (Lipinski definition) is 4. The van der Waals surface area contributed by atoms with Crippen molar-refractivity contribution in [1.82, 2.24) is 4.98 Å². The molecule has 1 aromatic heterocycles. The number of amides is 1. The molecule has 0 radical (unpaired) electrons. The van der Waals surface area contributed by atoms with Gasteiger partial charge in [-0.15, -0.1) is 24.8 Å². The molecule has 0 saturated heterocycles. The predicted octanol–water partition coefficient (Wildman–Crippen LogP) is 5.01. The third-order valence-electron chi connectivity index (χ3n) is 3.68. The molecule has 0 atom stereocenters. The Bertz CT molecular complexity index is 673. The van der Waals surface area contributed by atoms with Crippen molar-refractivity contribution >= 4 is 48.0 Å². The van der Waals surface area contributed by atoms with Gasteiger partial charge in [0.1, 0.15) is 12.4 Å². The summed E-state index contributed by atoms with van der Waals surface area (Å²) in [6.07, 6.45) is 6.18. The molecule has 1 amide bonds. The monoisotopic (exact) mass is 433 g/mol. The van der Waals surface area contributed by atoms with Crippen molar-refractivity contribution in [2.45, 2.75) is 38.7 Å². The maximum atomic E-state index is 11.9.